The maximum Gasteiger partial charge on any atom is 0.191 e. The average molecular weight is 288 g/mol. The van der Waals surface area contributed by atoms with Gasteiger partial charge in [0.1, 0.15) is 0 Å². The maximum atomic E-state index is 5.95. The van der Waals surface area contributed by atoms with Crippen molar-refractivity contribution in [2.24, 2.45) is 4.99 Å². The van der Waals surface area contributed by atoms with Gasteiger partial charge < -0.3 is 10.6 Å². The topological polar surface area (TPSA) is 36.4 Å². The monoisotopic (exact) mass is 287 g/mol. The Morgan fingerprint density at radius 1 is 1.06 bits per heavy atom. The van der Waals surface area contributed by atoms with Crippen LogP contribution < -0.4 is 10.6 Å². The van der Waals surface area contributed by atoms with Gasteiger partial charge in [0.25, 0.3) is 0 Å². The number of hydrogen-bond acceptors (Lipinski definition) is 1. The molecule has 0 fully saturated rings. The van der Waals surface area contributed by atoms with E-state index < -0.39 is 0 Å². The molecule has 0 atom stereocenters. The minimum absolute atomic E-state index is 0.667. The normalized spacial score (nSPS) is 10.0. The Balaban J connectivity index is 2.55. The third kappa shape index (κ3) is 5.61. The highest BCUT2D eigenvalue weighted by Gasteiger charge is 1.99. The molecule has 2 N–H and O–H groups in total. The molecule has 0 spiro atoms. The van der Waals surface area contributed by atoms with E-state index in [-0.39, 0.29) is 0 Å². The fourth-order valence-corrected chi connectivity index (χ4v) is 2.13. The van der Waals surface area contributed by atoms with Gasteiger partial charge in [-0.05, 0) is 44.0 Å². The zero-order valence-corrected chi connectivity index (χ0v) is 12.3. The Bertz CT molecular complexity index is 377. The quantitative estimate of drug-likeness (QED) is 0.645. The second-order valence-electron chi connectivity index (χ2n) is 3.82. The van der Waals surface area contributed by atoms with Crippen molar-refractivity contribution in [1.82, 2.24) is 10.6 Å². The van der Waals surface area contributed by atoms with E-state index in [2.05, 4.69) is 15.6 Å². The standard InChI is InChI=1S/C13H19Cl2N3/c1-3-16-13(17-4-2)18-6-5-10-7-11(14)9-12(15)8-10/h7-9H,3-6H2,1-2H3,(H2,16,17,18). The molecule has 100 valence electrons. The van der Waals surface area contributed by atoms with Gasteiger partial charge in [0, 0.05) is 29.7 Å². The number of benzene rings is 1. The van der Waals surface area contributed by atoms with Gasteiger partial charge >= 0.3 is 0 Å². The SMILES string of the molecule is CCNC(=NCCc1cc(Cl)cc(Cl)c1)NCC. The fraction of sp³-hybridized carbons (Fsp3) is 0.462. The largest absolute Gasteiger partial charge is 0.357 e. The second-order valence-corrected chi connectivity index (χ2v) is 4.69. The van der Waals surface area contributed by atoms with Crippen molar-refractivity contribution in [3.8, 4) is 0 Å². The molecule has 0 aliphatic carbocycles. The highest BCUT2D eigenvalue weighted by atomic mass is 35.5. The highest BCUT2D eigenvalue weighted by Crippen LogP contribution is 2.19. The van der Waals surface area contributed by atoms with Gasteiger partial charge in [0.2, 0.25) is 0 Å². The van der Waals surface area contributed by atoms with E-state index in [0.29, 0.717) is 16.6 Å². The van der Waals surface area contributed by atoms with Crippen molar-refractivity contribution in [3.63, 3.8) is 0 Å². The van der Waals surface area contributed by atoms with Crippen molar-refractivity contribution in [3.05, 3.63) is 33.8 Å². The fourth-order valence-electron chi connectivity index (χ4n) is 1.56. The molecule has 1 aromatic rings. The second kappa shape index (κ2) is 8.22. The van der Waals surface area contributed by atoms with Crippen LogP contribution in [0.1, 0.15) is 19.4 Å². The van der Waals surface area contributed by atoms with E-state index in [1.165, 1.54) is 0 Å². The first-order valence-corrected chi connectivity index (χ1v) is 6.88. The summed E-state index contributed by atoms with van der Waals surface area (Å²) >= 11 is 11.9. The van der Waals surface area contributed by atoms with Crippen molar-refractivity contribution in [2.45, 2.75) is 20.3 Å². The van der Waals surface area contributed by atoms with E-state index in [4.69, 9.17) is 23.2 Å². The molecule has 18 heavy (non-hydrogen) atoms. The molecule has 1 rings (SSSR count). The van der Waals surface area contributed by atoms with Crippen molar-refractivity contribution < 1.29 is 0 Å². The lowest BCUT2D eigenvalue weighted by Gasteiger charge is -2.09. The van der Waals surface area contributed by atoms with E-state index in [1.54, 1.807) is 6.07 Å². The first kappa shape index (κ1) is 15.1. The summed E-state index contributed by atoms with van der Waals surface area (Å²) in [5.74, 6) is 0.841. The van der Waals surface area contributed by atoms with Gasteiger partial charge in [-0.25, -0.2) is 0 Å². The lowest BCUT2D eigenvalue weighted by Crippen LogP contribution is -2.37. The molecule has 0 saturated carbocycles. The average Bonchev–Trinajstić information content (AvgIpc) is 2.28. The Morgan fingerprint density at radius 2 is 1.61 bits per heavy atom. The van der Waals surface area contributed by atoms with Crippen LogP contribution in [0.15, 0.2) is 23.2 Å². The molecule has 0 bridgehead atoms. The molecule has 0 aromatic heterocycles. The van der Waals surface area contributed by atoms with E-state index in [0.717, 1.165) is 31.0 Å². The molecule has 1 aromatic carbocycles. The number of aliphatic imine (C=N–C) groups is 1. The lowest BCUT2D eigenvalue weighted by atomic mass is 10.1. The number of nitrogens with one attached hydrogen (secondary N) is 2. The summed E-state index contributed by atoms with van der Waals surface area (Å²) in [6.45, 7) is 6.50. The van der Waals surface area contributed by atoms with Crippen molar-refractivity contribution in [1.29, 1.82) is 0 Å². The molecule has 0 aliphatic heterocycles. The summed E-state index contributed by atoms with van der Waals surface area (Å²) in [5, 5.41) is 7.69. The Labute approximate surface area is 119 Å². The summed E-state index contributed by atoms with van der Waals surface area (Å²) < 4.78 is 0. The van der Waals surface area contributed by atoms with Crippen LogP contribution in [0.25, 0.3) is 0 Å². The molecule has 0 heterocycles. The molecular formula is C13H19Cl2N3. The number of nitrogens with zero attached hydrogens (tertiary/aromatic N) is 1. The van der Waals surface area contributed by atoms with Gasteiger partial charge in [-0.1, -0.05) is 23.2 Å². The van der Waals surface area contributed by atoms with E-state index in [9.17, 15) is 0 Å². The smallest absolute Gasteiger partial charge is 0.191 e. The molecule has 0 unspecified atom stereocenters. The Kier molecular flexibility index (Phi) is 6.91. The van der Waals surface area contributed by atoms with Crippen LogP contribution in [0, 0.1) is 0 Å². The summed E-state index contributed by atoms with van der Waals surface area (Å²) in [6, 6.07) is 5.57. The van der Waals surface area contributed by atoms with Crippen LogP contribution >= 0.6 is 23.2 Å². The summed E-state index contributed by atoms with van der Waals surface area (Å²) in [4.78, 5) is 4.47. The van der Waals surface area contributed by atoms with Gasteiger partial charge in [-0.3, -0.25) is 4.99 Å². The number of guanidine groups is 1. The molecule has 0 saturated heterocycles. The zero-order valence-electron chi connectivity index (χ0n) is 10.8. The minimum atomic E-state index is 0.667. The number of rotatable bonds is 5. The van der Waals surface area contributed by atoms with Crippen LogP contribution in [0.4, 0.5) is 0 Å². The highest BCUT2D eigenvalue weighted by molar-refractivity contribution is 6.34. The minimum Gasteiger partial charge on any atom is -0.357 e. The summed E-state index contributed by atoms with van der Waals surface area (Å²) in [6.07, 6.45) is 0.820. The number of hydrogen-bond donors (Lipinski definition) is 2. The molecule has 0 aliphatic rings. The van der Waals surface area contributed by atoms with Crippen LogP contribution in [0.5, 0.6) is 0 Å². The first-order chi connectivity index (χ1) is 8.65. The van der Waals surface area contributed by atoms with Gasteiger partial charge in [0.15, 0.2) is 5.96 Å². The third-order valence-corrected chi connectivity index (χ3v) is 2.72. The molecule has 5 heteroatoms. The Hall–Kier alpha value is -0.930. The van der Waals surface area contributed by atoms with E-state index >= 15 is 0 Å². The Morgan fingerprint density at radius 3 is 2.11 bits per heavy atom. The van der Waals surface area contributed by atoms with E-state index in [1.807, 2.05) is 26.0 Å². The molecule has 0 radical (unpaired) electrons. The number of halogens is 2. The molecular weight excluding hydrogens is 269 g/mol. The van der Waals surface area contributed by atoms with Crippen LogP contribution in [0.3, 0.4) is 0 Å². The predicted octanol–water partition coefficient (Wildman–Crippen LogP) is 3.11. The summed E-state index contributed by atoms with van der Waals surface area (Å²) in [7, 11) is 0. The first-order valence-electron chi connectivity index (χ1n) is 6.12. The maximum absolute atomic E-state index is 5.95. The van der Waals surface area contributed by atoms with Crippen molar-refractivity contribution >= 4 is 29.2 Å². The van der Waals surface area contributed by atoms with Gasteiger partial charge in [-0.15, -0.1) is 0 Å². The predicted molar refractivity (Wildman–Crippen MR) is 79.8 cm³/mol. The van der Waals surface area contributed by atoms with Gasteiger partial charge in [-0.2, -0.15) is 0 Å². The van der Waals surface area contributed by atoms with Crippen LogP contribution in [-0.4, -0.2) is 25.6 Å². The molecule has 3 nitrogen and oxygen atoms in total. The third-order valence-electron chi connectivity index (χ3n) is 2.28. The molecule has 0 amide bonds. The lowest BCUT2D eigenvalue weighted by molar-refractivity contribution is 0.833. The summed E-state index contributed by atoms with van der Waals surface area (Å²) in [5.41, 5.74) is 1.10. The van der Waals surface area contributed by atoms with Crippen molar-refractivity contribution in [2.75, 3.05) is 19.6 Å². The zero-order chi connectivity index (χ0) is 13.4. The van der Waals surface area contributed by atoms with Crippen LogP contribution in [-0.2, 0) is 6.42 Å². The van der Waals surface area contributed by atoms with Gasteiger partial charge in [0.05, 0.1) is 0 Å². The van der Waals surface area contributed by atoms with Crippen LogP contribution in [0.2, 0.25) is 10.0 Å².